The van der Waals surface area contributed by atoms with Crippen molar-refractivity contribution >= 4 is 27.3 Å². The minimum atomic E-state index is -3.05. The zero-order valence-electron chi connectivity index (χ0n) is 15.0. The van der Waals surface area contributed by atoms with Gasteiger partial charge >= 0.3 is 0 Å². The molecule has 0 aromatic heterocycles. The lowest BCUT2D eigenvalue weighted by Crippen LogP contribution is -2.40. The van der Waals surface area contributed by atoms with Crippen molar-refractivity contribution in [1.82, 2.24) is 5.32 Å². The number of sulfone groups is 1. The van der Waals surface area contributed by atoms with E-state index in [2.05, 4.69) is 5.32 Å². The highest BCUT2D eigenvalue weighted by Crippen LogP contribution is 2.27. The largest absolute Gasteiger partial charge is 0.491 e. The monoisotopic (exact) mass is 380 g/mol. The number of hydrogen-bond acceptors (Lipinski definition) is 5. The van der Waals surface area contributed by atoms with E-state index in [1.807, 2.05) is 13.8 Å². The van der Waals surface area contributed by atoms with E-state index in [0.29, 0.717) is 13.0 Å². The minimum absolute atomic E-state index is 0.0135. The van der Waals surface area contributed by atoms with E-state index in [1.165, 1.54) is 0 Å². The predicted octanol–water partition coefficient (Wildman–Crippen LogP) is 1.13. The van der Waals surface area contributed by atoms with E-state index < -0.39 is 15.8 Å². The zero-order chi connectivity index (χ0) is 18.9. The lowest BCUT2D eigenvalue weighted by molar-refractivity contribution is -0.126. The first-order chi connectivity index (χ1) is 12.2. The molecule has 2 aliphatic heterocycles. The van der Waals surface area contributed by atoms with Crippen molar-refractivity contribution in [3.8, 4) is 5.75 Å². The van der Waals surface area contributed by atoms with Crippen LogP contribution < -0.4 is 15.0 Å². The van der Waals surface area contributed by atoms with Crippen LogP contribution in [-0.4, -0.2) is 50.4 Å². The lowest BCUT2D eigenvalue weighted by Gasteiger charge is -2.18. The van der Waals surface area contributed by atoms with E-state index in [9.17, 15) is 18.0 Å². The fraction of sp³-hybridized carbons (Fsp3) is 0.556. The van der Waals surface area contributed by atoms with Gasteiger partial charge in [0.2, 0.25) is 11.8 Å². The average Bonchev–Trinajstić information content (AvgIpc) is 3.10. The third-order valence-electron chi connectivity index (χ3n) is 4.59. The van der Waals surface area contributed by atoms with Gasteiger partial charge in [0.1, 0.15) is 5.75 Å². The Hall–Kier alpha value is -2.09. The van der Waals surface area contributed by atoms with Crippen LogP contribution in [0, 0.1) is 5.92 Å². The van der Waals surface area contributed by atoms with Crippen molar-refractivity contribution < 1.29 is 22.7 Å². The normalized spacial score (nSPS) is 24.9. The number of anilines is 1. The standard InChI is InChI=1S/C18H24N2O5S/c1-12(2)25-16-5-3-15(4-6-16)20-10-13(9-17(20)21)18(22)19-14-7-8-26(23,24)11-14/h3-6,12-14H,7-11H2,1-2H3,(H,19,22). The summed E-state index contributed by atoms with van der Waals surface area (Å²) in [6.45, 7) is 4.18. The molecular weight excluding hydrogens is 356 g/mol. The molecule has 8 heteroatoms. The maximum Gasteiger partial charge on any atom is 0.227 e. The molecule has 7 nitrogen and oxygen atoms in total. The Morgan fingerprint density at radius 3 is 2.54 bits per heavy atom. The Bertz CT molecular complexity index is 788. The first-order valence-corrected chi connectivity index (χ1v) is 10.6. The molecule has 1 aromatic carbocycles. The fourth-order valence-corrected chi connectivity index (χ4v) is 5.01. The number of hydrogen-bond donors (Lipinski definition) is 1. The third kappa shape index (κ3) is 4.35. The fourth-order valence-electron chi connectivity index (χ4n) is 3.34. The SMILES string of the molecule is CC(C)Oc1ccc(N2CC(C(=O)NC3CCS(=O)(=O)C3)CC2=O)cc1. The Morgan fingerprint density at radius 2 is 1.96 bits per heavy atom. The van der Waals surface area contributed by atoms with Gasteiger partial charge in [-0.2, -0.15) is 0 Å². The summed E-state index contributed by atoms with van der Waals surface area (Å²) in [4.78, 5) is 26.3. The average molecular weight is 380 g/mol. The van der Waals surface area contributed by atoms with Crippen LogP contribution in [0.15, 0.2) is 24.3 Å². The molecule has 0 aliphatic carbocycles. The molecule has 3 rings (SSSR count). The summed E-state index contributed by atoms with van der Waals surface area (Å²) >= 11 is 0. The number of ether oxygens (including phenoxy) is 1. The number of rotatable bonds is 5. The van der Waals surface area contributed by atoms with E-state index in [4.69, 9.17) is 4.74 Å². The van der Waals surface area contributed by atoms with Gasteiger partial charge in [0, 0.05) is 24.7 Å². The van der Waals surface area contributed by atoms with Gasteiger partial charge in [0.15, 0.2) is 9.84 Å². The molecule has 0 bridgehead atoms. The third-order valence-corrected chi connectivity index (χ3v) is 6.36. The van der Waals surface area contributed by atoms with Crippen molar-refractivity contribution in [2.45, 2.75) is 38.8 Å². The van der Waals surface area contributed by atoms with Crippen LogP contribution in [0.4, 0.5) is 5.69 Å². The summed E-state index contributed by atoms with van der Waals surface area (Å²) in [6.07, 6.45) is 0.646. The molecule has 2 saturated heterocycles. The molecular formula is C18H24N2O5S. The maximum atomic E-state index is 12.4. The molecule has 2 atom stereocenters. The van der Waals surface area contributed by atoms with Crippen molar-refractivity contribution in [1.29, 1.82) is 0 Å². The van der Waals surface area contributed by atoms with Crippen LogP contribution in [-0.2, 0) is 19.4 Å². The number of nitrogens with zero attached hydrogens (tertiary/aromatic N) is 1. The molecule has 142 valence electrons. The first-order valence-electron chi connectivity index (χ1n) is 8.81. The Labute approximate surface area is 153 Å². The highest BCUT2D eigenvalue weighted by atomic mass is 32.2. The second-order valence-electron chi connectivity index (χ2n) is 7.17. The Morgan fingerprint density at radius 1 is 1.27 bits per heavy atom. The lowest BCUT2D eigenvalue weighted by atomic mass is 10.1. The molecule has 2 amide bonds. The molecule has 2 unspecified atom stereocenters. The second-order valence-corrected chi connectivity index (χ2v) is 9.40. The van der Waals surface area contributed by atoms with Crippen LogP contribution in [0.3, 0.4) is 0 Å². The number of benzene rings is 1. The smallest absolute Gasteiger partial charge is 0.227 e. The van der Waals surface area contributed by atoms with E-state index in [-0.39, 0.29) is 41.9 Å². The Balaban J connectivity index is 1.60. The quantitative estimate of drug-likeness (QED) is 0.827. The van der Waals surface area contributed by atoms with Gasteiger partial charge < -0.3 is 15.0 Å². The summed E-state index contributed by atoms with van der Waals surface area (Å²) in [6, 6.07) is 6.88. The predicted molar refractivity (Wildman–Crippen MR) is 97.9 cm³/mol. The summed E-state index contributed by atoms with van der Waals surface area (Å²) in [7, 11) is -3.05. The highest BCUT2D eigenvalue weighted by Gasteiger charge is 2.37. The second kappa shape index (κ2) is 7.26. The number of nitrogens with one attached hydrogen (secondary N) is 1. The zero-order valence-corrected chi connectivity index (χ0v) is 15.8. The molecule has 0 spiro atoms. The first kappa shape index (κ1) is 18.7. The summed E-state index contributed by atoms with van der Waals surface area (Å²) in [5.41, 5.74) is 0.727. The van der Waals surface area contributed by atoms with E-state index in [0.717, 1.165) is 11.4 Å². The van der Waals surface area contributed by atoms with Gasteiger partial charge in [-0.05, 0) is 44.5 Å². The van der Waals surface area contributed by atoms with Crippen molar-refractivity contribution in [2.24, 2.45) is 5.92 Å². The molecule has 2 aliphatic rings. The number of carbonyl (C=O) groups is 2. The van der Waals surface area contributed by atoms with E-state index in [1.54, 1.807) is 29.2 Å². The number of carbonyl (C=O) groups excluding carboxylic acids is 2. The van der Waals surface area contributed by atoms with Crippen LogP contribution in [0.5, 0.6) is 5.75 Å². The highest BCUT2D eigenvalue weighted by molar-refractivity contribution is 7.91. The summed E-state index contributed by atoms with van der Waals surface area (Å²) < 4.78 is 28.6. The van der Waals surface area contributed by atoms with Crippen LogP contribution >= 0.6 is 0 Å². The van der Waals surface area contributed by atoms with Gasteiger partial charge in [-0.1, -0.05) is 0 Å². The summed E-state index contributed by atoms with van der Waals surface area (Å²) in [5, 5.41) is 2.78. The van der Waals surface area contributed by atoms with Gasteiger partial charge in [0.25, 0.3) is 0 Å². The molecule has 1 aromatic rings. The van der Waals surface area contributed by atoms with E-state index >= 15 is 0 Å². The topological polar surface area (TPSA) is 92.8 Å². The summed E-state index contributed by atoms with van der Waals surface area (Å²) in [5.74, 6) is 0.00720. The van der Waals surface area contributed by atoms with Gasteiger partial charge in [0.05, 0.1) is 23.5 Å². The number of amides is 2. The van der Waals surface area contributed by atoms with Gasteiger partial charge in [-0.3, -0.25) is 9.59 Å². The van der Waals surface area contributed by atoms with Gasteiger partial charge in [-0.15, -0.1) is 0 Å². The van der Waals surface area contributed by atoms with Crippen LogP contribution in [0.1, 0.15) is 26.7 Å². The molecule has 0 saturated carbocycles. The Kier molecular flexibility index (Phi) is 5.22. The van der Waals surface area contributed by atoms with Crippen molar-refractivity contribution in [2.75, 3.05) is 23.0 Å². The molecule has 2 fully saturated rings. The minimum Gasteiger partial charge on any atom is -0.491 e. The van der Waals surface area contributed by atoms with Gasteiger partial charge in [-0.25, -0.2) is 8.42 Å². The van der Waals surface area contributed by atoms with Crippen molar-refractivity contribution in [3.63, 3.8) is 0 Å². The van der Waals surface area contributed by atoms with Crippen LogP contribution in [0.2, 0.25) is 0 Å². The molecule has 1 N–H and O–H groups in total. The maximum absolute atomic E-state index is 12.4. The van der Waals surface area contributed by atoms with Crippen molar-refractivity contribution in [3.05, 3.63) is 24.3 Å². The van der Waals surface area contributed by atoms with Crippen LogP contribution in [0.25, 0.3) is 0 Å². The molecule has 2 heterocycles. The molecule has 0 radical (unpaired) electrons. The molecule has 26 heavy (non-hydrogen) atoms.